The van der Waals surface area contributed by atoms with E-state index in [1.807, 2.05) is 12.1 Å². The molecular weight excluding hydrogens is 212 g/mol. The Morgan fingerprint density at radius 3 is 2.71 bits per heavy atom. The van der Waals surface area contributed by atoms with Gasteiger partial charge in [-0.25, -0.2) is 0 Å². The number of hydrogen-bond donors (Lipinski definition) is 1. The number of benzene rings is 1. The van der Waals surface area contributed by atoms with Crippen molar-refractivity contribution in [2.24, 2.45) is 0 Å². The molecule has 1 aliphatic rings. The minimum atomic E-state index is 0.732. The summed E-state index contributed by atoms with van der Waals surface area (Å²) in [6.07, 6.45) is 3.67. The van der Waals surface area contributed by atoms with E-state index in [0.29, 0.717) is 0 Å². The van der Waals surface area contributed by atoms with E-state index in [-0.39, 0.29) is 0 Å². The first-order valence-corrected chi connectivity index (χ1v) is 6.53. The molecule has 1 heterocycles. The molecule has 94 valence electrons. The van der Waals surface area contributed by atoms with Crippen LogP contribution in [0.5, 0.6) is 5.75 Å². The Hall–Kier alpha value is -1.22. The van der Waals surface area contributed by atoms with Crippen molar-refractivity contribution in [2.75, 3.05) is 32.0 Å². The van der Waals surface area contributed by atoms with Crippen LogP contribution in [-0.4, -0.2) is 31.1 Å². The van der Waals surface area contributed by atoms with E-state index in [9.17, 15) is 0 Å². The fourth-order valence-corrected chi connectivity index (χ4v) is 2.24. The second-order valence-electron chi connectivity index (χ2n) is 4.62. The van der Waals surface area contributed by atoms with Crippen molar-refractivity contribution in [1.82, 2.24) is 4.90 Å². The molecule has 3 nitrogen and oxygen atoms in total. The number of likely N-dealkylation sites (tertiary alicyclic amines) is 1. The molecule has 17 heavy (non-hydrogen) atoms. The van der Waals surface area contributed by atoms with E-state index in [1.165, 1.54) is 31.5 Å². The molecule has 0 bridgehead atoms. The molecule has 0 aliphatic carbocycles. The fourth-order valence-electron chi connectivity index (χ4n) is 2.24. The number of hydrogen-bond acceptors (Lipinski definition) is 3. The maximum absolute atomic E-state index is 5.95. The maximum atomic E-state index is 5.95. The van der Waals surface area contributed by atoms with E-state index in [1.54, 1.807) is 0 Å². The van der Waals surface area contributed by atoms with Gasteiger partial charge in [-0.3, -0.25) is 4.90 Å². The van der Waals surface area contributed by atoms with Crippen molar-refractivity contribution in [1.29, 1.82) is 0 Å². The van der Waals surface area contributed by atoms with Crippen molar-refractivity contribution in [3.05, 3.63) is 23.8 Å². The lowest BCUT2D eigenvalue weighted by atomic mass is 10.1. The van der Waals surface area contributed by atoms with Gasteiger partial charge in [0.1, 0.15) is 12.4 Å². The Bertz CT molecular complexity index is 359. The van der Waals surface area contributed by atoms with E-state index in [4.69, 9.17) is 10.5 Å². The second kappa shape index (κ2) is 5.92. The highest BCUT2D eigenvalue weighted by molar-refractivity contribution is 5.54. The average molecular weight is 234 g/mol. The van der Waals surface area contributed by atoms with Gasteiger partial charge in [0, 0.05) is 6.54 Å². The summed E-state index contributed by atoms with van der Waals surface area (Å²) >= 11 is 0. The van der Waals surface area contributed by atoms with Crippen molar-refractivity contribution in [3.8, 4) is 5.75 Å². The number of nitrogens with zero attached hydrogens (tertiary/aromatic N) is 1. The third kappa shape index (κ3) is 3.37. The zero-order chi connectivity index (χ0) is 12.1. The van der Waals surface area contributed by atoms with Gasteiger partial charge in [-0.05, 0) is 50.0 Å². The topological polar surface area (TPSA) is 38.5 Å². The lowest BCUT2D eigenvalue weighted by molar-refractivity contribution is 0.238. The maximum Gasteiger partial charge on any atom is 0.142 e. The average Bonchev–Trinajstić information content (AvgIpc) is 2.84. The van der Waals surface area contributed by atoms with Crippen LogP contribution in [0.3, 0.4) is 0 Å². The van der Waals surface area contributed by atoms with Gasteiger partial charge in [0.05, 0.1) is 5.69 Å². The second-order valence-corrected chi connectivity index (χ2v) is 4.62. The largest absolute Gasteiger partial charge is 0.490 e. The monoisotopic (exact) mass is 234 g/mol. The van der Waals surface area contributed by atoms with Crippen LogP contribution in [0.1, 0.15) is 25.3 Å². The van der Waals surface area contributed by atoms with Crippen molar-refractivity contribution < 1.29 is 4.74 Å². The molecule has 0 amide bonds. The zero-order valence-electron chi connectivity index (χ0n) is 10.6. The van der Waals surface area contributed by atoms with Crippen molar-refractivity contribution in [2.45, 2.75) is 26.2 Å². The molecule has 0 atom stereocenters. The molecule has 0 aromatic heterocycles. The molecule has 1 saturated heterocycles. The normalized spacial score (nSPS) is 16.3. The molecule has 1 aromatic carbocycles. The number of rotatable bonds is 5. The molecule has 1 aromatic rings. The van der Waals surface area contributed by atoms with Crippen LogP contribution in [0.25, 0.3) is 0 Å². The van der Waals surface area contributed by atoms with E-state index < -0.39 is 0 Å². The predicted molar refractivity (Wildman–Crippen MR) is 71.4 cm³/mol. The number of nitrogens with two attached hydrogens (primary N) is 1. The molecule has 0 saturated carbocycles. The van der Waals surface area contributed by atoms with Crippen LogP contribution < -0.4 is 10.5 Å². The Labute approximate surface area is 104 Å². The summed E-state index contributed by atoms with van der Waals surface area (Å²) < 4.78 is 5.73. The standard InChI is InChI=1S/C14H22N2O/c1-2-12-5-6-14(13(15)11-12)17-10-9-16-7-3-4-8-16/h5-6,11H,2-4,7-10,15H2,1H3. The van der Waals surface area contributed by atoms with E-state index in [0.717, 1.165) is 31.0 Å². The minimum absolute atomic E-state index is 0.732. The van der Waals surface area contributed by atoms with Gasteiger partial charge in [0.25, 0.3) is 0 Å². The first-order chi connectivity index (χ1) is 8.29. The van der Waals surface area contributed by atoms with Crippen LogP contribution in [0, 0.1) is 0 Å². The minimum Gasteiger partial charge on any atom is -0.490 e. The summed E-state index contributed by atoms with van der Waals surface area (Å²) in [5, 5.41) is 0. The Balaban J connectivity index is 1.81. The van der Waals surface area contributed by atoms with Gasteiger partial charge in [0.15, 0.2) is 0 Å². The van der Waals surface area contributed by atoms with Crippen LogP contribution in [0.2, 0.25) is 0 Å². The summed E-state index contributed by atoms with van der Waals surface area (Å²) in [5.41, 5.74) is 7.97. The highest BCUT2D eigenvalue weighted by Gasteiger charge is 2.11. The summed E-state index contributed by atoms with van der Waals surface area (Å²) in [4.78, 5) is 2.44. The van der Waals surface area contributed by atoms with E-state index >= 15 is 0 Å². The number of ether oxygens (including phenoxy) is 1. The lowest BCUT2D eigenvalue weighted by Crippen LogP contribution is -2.25. The molecule has 2 rings (SSSR count). The molecule has 0 radical (unpaired) electrons. The highest BCUT2D eigenvalue weighted by Crippen LogP contribution is 2.22. The van der Waals surface area contributed by atoms with Gasteiger partial charge in [0.2, 0.25) is 0 Å². The number of aryl methyl sites for hydroxylation is 1. The predicted octanol–water partition coefficient (Wildman–Crippen LogP) is 2.31. The zero-order valence-corrected chi connectivity index (χ0v) is 10.6. The Morgan fingerprint density at radius 2 is 2.06 bits per heavy atom. The van der Waals surface area contributed by atoms with E-state index in [2.05, 4.69) is 17.9 Å². The first kappa shape index (κ1) is 12.2. The first-order valence-electron chi connectivity index (χ1n) is 6.53. The van der Waals surface area contributed by atoms with Crippen LogP contribution in [0.4, 0.5) is 5.69 Å². The molecule has 0 spiro atoms. The summed E-state index contributed by atoms with van der Waals surface area (Å²) in [5.74, 6) is 0.821. The molecule has 1 fully saturated rings. The summed E-state index contributed by atoms with van der Waals surface area (Å²) in [6, 6.07) is 6.07. The van der Waals surface area contributed by atoms with Gasteiger partial charge in [-0.1, -0.05) is 13.0 Å². The Morgan fingerprint density at radius 1 is 1.29 bits per heavy atom. The number of nitrogen functional groups attached to an aromatic ring is 1. The summed E-state index contributed by atoms with van der Waals surface area (Å²) in [7, 11) is 0. The van der Waals surface area contributed by atoms with Gasteiger partial charge in [-0.2, -0.15) is 0 Å². The lowest BCUT2D eigenvalue weighted by Gasteiger charge is -2.15. The molecular formula is C14H22N2O. The molecule has 0 unspecified atom stereocenters. The fraction of sp³-hybridized carbons (Fsp3) is 0.571. The molecule has 2 N–H and O–H groups in total. The molecule has 3 heteroatoms. The highest BCUT2D eigenvalue weighted by atomic mass is 16.5. The SMILES string of the molecule is CCc1ccc(OCCN2CCCC2)c(N)c1. The number of anilines is 1. The van der Waals surface area contributed by atoms with Crippen LogP contribution in [0.15, 0.2) is 18.2 Å². The van der Waals surface area contributed by atoms with Gasteiger partial charge >= 0.3 is 0 Å². The summed E-state index contributed by atoms with van der Waals surface area (Å²) in [6.45, 7) is 6.30. The quantitative estimate of drug-likeness (QED) is 0.795. The van der Waals surface area contributed by atoms with Crippen molar-refractivity contribution >= 4 is 5.69 Å². The molecule has 1 aliphatic heterocycles. The van der Waals surface area contributed by atoms with Gasteiger partial charge < -0.3 is 10.5 Å². The third-order valence-corrected chi connectivity index (χ3v) is 3.35. The Kier molecular flexibility index (Phi) is 4.26. The van der Waals surface area contributed by atoms with Crippen molar-refractivity contribution in [3.63, 3.8) is 0 Å². The van der Waals surface area contributed by atoms with Crippen LogP contribution >= 0.6 is 0 Å². The van der Waals surface area contributed by atoms with Gasteiger partial charge in [-0.15, -0.1) is 0 Å². The smallest absolute Gasteiger partial charge is 0.142 e. The van der Waals surface area contributed by atoms with Crippen LogP contribution in [-0.2, 0) is 6.42 Å². The third-order valence-electron chi connectivity index (χ3n) is 3.35.